The zero-order chi connectivity index (χ0) is 13.0. The fraction of sp³-hybridized carbons (Fsp3) is 0.333. The van der Waals surface area contributed by atoms with Gasteiger partial charge in [-0.25, -0.2) is 0 Å². The van der Waals surface area contributed by atoms with Gasteiger partial charge in [-0.05, 0) is 6.92 Å². The minimum Gasteiger partial charge on any atom is -0.506 e. The van der Waals surface area contributed by atoms with Crippen LogP contribution < -0.4 is 0 Å². The highest BCUT2D eigenvalue weighted by molar-refractivity contribution is 8.12. The molecule has 0 aromatic carbocycles. The molecule has 17 heavy (non-hydrogen) atoms. The Morgan fingerprint density at radius 3 is 2.82 bits per heavy atom. The number of thioether (sulfide) groups is 1. The summed E-state index contributed by atoms with van der Waals surface area (Å²) < 4.78 is 0. The van der Waals surface area contributed by atoms with Gasteiger partial charge in [-0.2, -0.15) is 0 Å². The van der Waals surface area contributed by atoms with Crippen LogP contribution >= 0.6 is 11.8 Å². The molecule has 0 saturated carbocycles. The first-order valence-electron chi connectivity index (χ1n) is 4.95. The highest BCUT2D eigenvalue weighted by atomic mass is 32.2. The van der Waals surface area contributed by atoms with E-state index in [1.807, 2.05) is 0 Å². The molecule has 1 heterocycles. The van der Waals surface area contributed by atoms with E-state index in [0.717, 1.165) is 11.8 Å². The Morgan fingerprint density at radius 1 is 1.65 bits per heavy atom. The summed E-state index contributed by atoms with van der Waals surface area (Å²) in [5.41, 5.74) is 1.62. The molecule has 4 nitrogen and oxygen atoms in total. The van der Waals surface area contributed by atoms with E-state index in [-0.39, 0.29) is 11.0 Å². The number of aryl methyl sites for hydroxylation is 1. The second kappa shape index (κ2) is 5.60. The Hall–Kier alpha value is -1.67. The van der Waals surface area contributed by atoms with Crippen molar-refractivity contribution in [3.05, 3.63) is 23.0 Å². The van der Waals surface area contributed by atoms with Crippen molar-refractivity contribution < 1.29 is 9.90 Å². The first kappa shape index (κ1) is 13.4. The predicted molar refractivity (Wildman–Crippen MR) is 69.0 cm³/mol. The van der Waals surface area contributed by atoms with Crippen LogP contribution in [0.1, 0.15) is 16.8 Å². The van der Waals surface area contributed by atoms with Crippen molar-refractivity contribution in [3.8, 4) is 18.1 Å². The topological polar surface area (TPSA) is 53.4 Å². The van der Waals surface area contributed by atoms with Crippen molar-refractivity contribution in [3.63, 3.8) is 0 Å². The van der Waals surface area contributed by atoms with Gasteiger partial charge in [0, 0.05) is 31.6 Å². The molecule has 0 aliphatic carbocycles. The molecule has 0 aliphatic rings. The fourth-order valence-corrected chi connectivity index (χ4v) is 2.00. The van der Waals surface area contributed by atoms with E-state index in [9.17, 15) is 9.90 Å². The lowest BCUT2D eigenvalue weighted by molar-refractivity contribution is 0.241. The Bertz CT molecular complexity index is 478. The molecule has 0 atom stereocenters. The molecule has 0 unspecified atom stereocenters. The lowest BCUT2D eigenvalue weighted by Crippen LogP contribution is -2.16. The Balaban J connectivity index is 2.94. The van der Waals surface area contributed by atoms with Gasteiger partial charge in [-0.3, -0.25) is 9.78 Å². The van der Waals surface area contributed by atoms with Gasteiger partial charge in [0.15, 0.2) is 0 Å². The van der Waals surface area contributed by atoms with Crippen LogP contribution in [0, 0.1) is 19.3 Å². The van der Waals surface area contributed by atoms with E-state index in [1.54, 1.807) is 21.0 Å². The quantitative estimate of drug-likeness (QED) is 0.816. The van der Waals surface area contributed by atoms with Gasteiger partial charge in [-0.15, -0.1) is 6.42 Å². The first-order chi connectivity index (χ1) is 7.97. The van der Waals surface area contributed by atoms with Crippen LogP contribution in [-0.4, -0.2) is 34.3 Å². The molecular weight excluding hydrogens is 236 g/mol. The Labute approximate surface area is 105 Å². The van der Waals surface area contributed by atoms with Gasteiger partial charge in [0.1, 0.15) is 5.75 Å². The van der Waals surface area contributed by atoms with Crippen LogP contribution in [0.25, 0.3) is 0 Å². The maximum Gasteiger partial charge on any atom is 0.281 e. The molecule has 1 rings (SSSR count). The van der Waals surface area contributed by atoms with Gasteiger partial charge < -0.3 is 10.0 Å². The van der Waals surface area contributed by atoms with Crippen molar-refractivity contribution in [2.45, 2.75) is 12.7 Å². The number of aromatic nitrogens is 1. The zero-order valence-corrected chi connectivity index (χ0v) is 10.8. The molecule has 1 aromatic rings. The number of carbonyl (C=O) groups is 1. The summed E-state index contributed by atoms with van der Waals surface area (Å²) in [5, 5.41) is 9.78. The van der Waals surface area contributed by atoms with Gasteiger partial charge in [0.25, 0.3) is 5.24 Å². The van der Waals surface area contributed by atoms with Crippen molar-refractivity contribution in [2.24, 2.45) is 0 Å². The maximum atomic E-state index is 11.5. The van der Waals surface area contributed by atoms with Gasteiger partial charge in [0.2, 0.25) is 0 Å². The average Bonchev–Trinajstić information content (AvgIpc) is 2.30. The van der Waals surface area contributed by atoms with Gasteiger partial charge in [0.05, 0.1) is 11.3 Å². The lowest BCUT2D eigenvalue weighted by atomic mass is 10.1. The SMILES string of the molecule is C#Cc1cnc(C)c(O)c1CSC(=O)N(C)C. The molecule has 0 saturated heterocycles. The van der Waals surface area contributed by atoms with Crippen LogP contribution in [0.5, 0.6) is 5.75 Å². The van der Waals surface area contributed by atoms with Gasteiger partial charge in [-0.1, -0.05) is 17.7 Å². The van der Waals surface area contributed by atoms with Crippen LogP contribution in [0.3, 0.4) is 0 Å². The number of amides is 1. The lowest BCUT2D eigenvalue weighted by Gasteiger charge is -2.11. The van der Waals surface area contributed by atoms with Crippen LogP contribution in [0.2, 0.25) is 0 Å². The molecule has 0 bridgehead atoms. The third-order valence-corrected chi connectivity index (χ3v) is 3.25. The first-order valence-corrected chi connectivity index (χ1v) is 5.94. The summed E-state index contributed by atoms with van der Waals surface area (Å²) in [6, 6.07) is 0. The molecule has 0 aliphatic heterocycles. The number of nitrogens with zero attached hydrogens (tertiary/aromatic N) is 2. The largest absolute Gasteiger partial charge is 0.506 e. The van der Waals surface area contributed by atoms with E-state index < -0.39 is 0 Å². The summed E-state index contributed by atoms with van der Waals surface area (Å²) in [4.78, 5) is 16.9. The molecular formula is C12H14N2O2S. The highest BCUT2D eigenvalue weighted by Gasteiger charge is 2.13. The molecule has 0 fully saturated rings. The summed E-state index contributed by atoms with van der Waals surface area (Å²) >= 11 is 1.09. The van der Waals surface area contributed by atoms with Gasteiger partial charge >= 0.3 is 0 Å². The Morgan fingerprint density at radius 2 is 2.29 bits per heavy atom. The van der Waals surface area contributed by atoms with E-state index in [2.05, 4.69) is 10.9 Å². The number of carbonyl (C=O) groups excluding carboxylic acids is 1. The number of terminal acetylenes is 1. The standard InChI is InChI=1S/C12H14N2O2S/c1-5-9-6-13-8(2)11(15)10(9)7-17-12(16)14(3)4/h1,6,15H,7H2,2-4H3. The minimum atomic E-state index is -0.0816. The van der Waals surface area contributed by atoms with Crippen molar-refractivity contribution in [1.82, 2.24) is 9.88 Å². The predicted octanol–water partition coefficient (Wildman–Crippen LogP) is 1.99. The van der Waals surface area contributed by atoms with E-state index in [4.69, 9.17) is 6.42 Å². The molecule has 1 N–H and O–H groups in total. The summed E-state index contributed by atoms with van der Waals surface area (Å²) in [6.45, 7) is 1.69. The van der Waals surface area contributed by atoms with Crippen LogP contribution in [0.15, 0.2) is 6.20 Å². The molecule has 0 spiro atoms. The number of rotatable bonds is 2. The number of hydrogen-bond acceptors (Lipinski definition) is 4. The molecule has 0 radical (unpaired) electrons. The highest BCUT2D eigenvalue weighted by Crippen LogP contribution is 2.28. The molecule has 5 heteroatoms. The second-order valence-corrected chi connectivity index (χ2v) is 4.60. The average molecular weight is 250 g/mol. The fourth-order valence-electron chi connectivity index (χ4n) is 1.18. The zero-order valence-electron chi connectivity index (χ0n) is 10.0. The number of aromatic hydroxyl groups is 1. The van der Waals surface area contributed by atoms with Crippen LogP contribution in [-0.2, 0) is 5.75 Å². The summed E-state index contributed by atoms with van der Waals surface area (Å²) in [6.07, 6.45) is 6.86. The smallest absolute Gasteiger partial charge is 0.281 e. The maximum absolute atomic E-state index is 11.5. The third kappa shape index (κ3) is 3.14. The molecule has 1 amide bonds. The summed E-state index contributed by atoms with van der Waals surface area (Å²) in [5.74, 6) is 2.86. The van der Waals surface area contributed by atoms with Crippen molar-refractivity contribution in [2.75, 3.05) is 14.1 Å². The van der Waals surface area contributed by atoms with E-state index in [1.165, 1.54) is 11.1 Å². The van der Waals surface area contributed by atoms with E-state index in [0.29, 0.717) is 22.6 Å². The van der Waals surface area contributed by atoms with Crippen LogP contribution in [0.4, 0.5) is 4.79 Å². The third-order valence-electron chi connectivity index (χ3n) is 2.20. The number of hydrogen-bond donors (Lipinski definition) is 1. The normalized spacial score (nSPS) is 9.76. The minimum absolute atomic E-state index is 0.0690. The monoisotopic (exact) mass is 250 g/mol. The van der Waals surface area contributed by atoms with Crippen molar-refractivity contribution >= 4 is 17.0 Å². The summed E-state index contributed by atoms with van der Waals surface area (Å²) in [7, 11) is 3.35. The molecule has 1 aromatic heterocycles. The van der Waals surface area contributed by atoms with Crippen molar-refractivity contribution in [1.29, 1.82) is 0 Å². The number of pyridine rings is 1. The van der Waals surface area contributed by atoms with E-state index >= 15 is 0 Å². The second-order valence-electron chi connectivity index (χ2n) is 3.68. The Kier molecular flexibility index (Phi) is 4.41. The molecule has 90 valence electrons.